The molecule has 0 aliphatic carbocycles. The summed E-state index contributed by atoms with van der Waals surface area (Å²) in [6.07, 6.45) is -3.64. The van der Waals surface area contributed by atoms with Crippen LogP contribution in [0.25, 0.3) is 0 Å². The topological polar surface area (TPSA) is 47.9 Å². The molecule has 22 heavy (non-hydrogen) atoms. The zero-order valence-corrected chi connectivity index (χ0v) is 13.2. The second-order valence-electron chi connectivity index (χ2n) is 6.25. The van der Waals surface area contributed by atoms with Gasteiger partial charge in [-0.25, -0.2) is 0 Å². The van der Waals surface area contributed by atoms with Gasteiger partial charge in [-0.2, -0.15) is 0 Å². The maximum Gasteiger partial charge on any atom is 0.586 e. The minimum absolute atomic E-state index is 0.00350. The largest absolute Gasteiger partial charge is 0.586 e. The van der Waals surface area contributed by atoms with Gasteiger partial charge in [0.2, 0.25) is 0 Å². The molecule has 0 saturated heterocycles. The number of rotatable bonds is 6. The molecule has 1 aliphatic rings. The first-order valence-electron chi connectivity index (χ1n) is 7.42. The molecule has 1 aromatic carbocycles. The summed E-state index contributed by atoms with van der Waals surface area (Å²) in [4.78, 5) is 0. The Labute approximate surface area is 129 Å². The average molecular weight is 316 g/mol. The van der Waals surface area contributed by atoms with Crippen molar-refractivity contribution in [2.75, 3.05) is 6.61 Å². The van der Waals surface area contributed by atoms with E-state index < -0.39 is 12.4 Å². The summed E-state index contributed by atoms with van der Waals surface area (Å²) in [6, 6.07) is 2.90. The van der Waals surface area contributed by atoms with Gasteiger partial charge in [0.25, 0.3) is 0 Å². The highest BCUT2D eigenvalue weighted by atomic mass is 19.3. The third-order valence-electron chi connectivity index (χ3n) is 3.33. The summed E-state index contributed by atoms with van der Waals surface area (Å²) in [5.41, 5.74) is 0.733. The van der Waals surface area contributed by atoms with E-state index in [1.807, 2.05) is 27.7 Å². The van der Waals surface area contributed by atoms with Crippen LogP contribution in [0.4, 0.5) is 8.78 Å². The lowest BCUT2D eigenvalue weighted by atomic mass is 10.0. The van der Waals surface area contributed by atoms with Crippen molar-refractivity contribution in [1.82, 2.24) is 0 Å². The van der Waals surface area contributed by atoms with Gasteiger partial charge in [-0.15, -0.1) is 8.78 Å². The maximum absolute atomic E-state index is 13.1. The molecule has 1 unspecified atom stereocenters. The Morgan fingerprint density at radius 2 is 1.73 bits per heavy atom. The number of fused-ring (bicyclic) bond motifs is 1. The van der Waals surface area contributed by atoms with Gasteiger partial charge in [0.05, 0.1) is 6.10 Å². The minimum atomic E-state index is -3.65. The normalized spacial score (nSPS) is 17.1. The Kier molecular flexibility index (Phi) is 4.80. The summed E-state index contributed by atoms with van der Waals surface area (Å²) in [5, 5.41) is 9.89. The molecule has 0 saturated carbocycles. The van der Waals surface area contributed by atoms with Gasteiger partial charge in [0, 0.05) is 11.6 Å². The van der Waals surface area contributed by atoms with Gasteiger partial charge >= 0.3 is 6.29 Å². The van der Waals surface area contributed by atoms with Crippen LogP contribution in [0, 0.1) is 5.92 Å². The van der Waals surface area contributed by atoms with Crippen molar-refractivity contribution in [3.63, 3.8) is 0 Å². The monoisotopic (exact) mass is 316 g/mol. The molecule has 0 aromatic heterocycles. The van der Waals surface area contributed by atoms with Crippen LogP contribution < -0.4 is 14.2 Å². The third kappa shape index (κ3) is 4.00. The molecule has 1 aromatic rings. The molecule has 0 bridgehead atoms. The number of benzene rings is 1. The fraction of sp³-hybridized carbons (Fsp3) is 0.625. The zero-order chi connectivity index (χ0) is 16.5. The van der Waals surface area contributed by atoms with Crippen molar-refractivity contribution in [1.29, 1.82) is 0 Å². The summed E-state index contributed by atoms with van der Waals surface area (Å²) < 4.78 is 40.8. The van der Waals surface area contributed by atoms with Crippen LogP contribution in [0.1, 0.15) is 45.6 Å². The number of alkyl halides is 2. The van der Waals surface area contributed by atoms with Crippen LogP contribution in [0.5, 0.6) is 17.2 Å². The molecule has 1 aliphatic heterocycles. The van der Waals surface area contributed by atoms with Gasteiger partial charge in [-0.1, -0.05) is 27.7 Å². The molecular formula is C16H22F2O4. The Bertz CT molecular complexity index is 529. The van der Waals surface area contributed by atoms with Crippen LogP contribution in [0.15, 0.2) is 12.1 Å². The summed E-state index contributed by atoms with van der Waals surface area (Å²) >= 11 is 0. The highest BCUT2D eigenvalue weighted by Crippen LogP contribution is 2.46. The number of halogens is 2. The van der Waals surface area contributed by atoms with Crippen molar-refractivity contribution < 1.29 is 28.1 Å². The van der Waals surface area contributed by atoms with Crippen molar-refractivity contribution in [3.05, 3.63) is 17.7 Å². The molecular weight excluding hydrogens is 294 g/mol. The summed E-state index contributed by atoms with van der Waals surface area (Å²) in [7, 11) is 0. The van der Waals surface area contributed by atoms with Crippen LogP contribution in [0.3, 0.4) is 0 Å². The van der Waals surface area contributed by atoms with Gasteiger partial charge in [0.15, 0.2) is 11.5 Å². The van der Waals surface area contributed by atoms with Gasteiger partial charge in [-0.05, 0) is 24.3 Å². The fourth-order valence-electron chi connectivity index (χ4n) is 2.37. The Balaban J connectivity index is 2.17. The second-order valence-corrected chi connectivity index (χ2v) is 6.25. The van der Waals surface area contributed by atoms with Crippen LogP contribution in [0.2, 0.25) is 0 Å². The predicted molar refractivity (Wildman–Crippen MR) is 77.7 cm³/mol. The molecule has 0 fully saturated rings. The Hall–Kier alpha value is -1.56. The van der Waals surface area contributed by atoms with E-state index in [4.69, 9.17) is 4.74 Å². The molecule has 6 heteroatoms. The van der Waals surface area contributed by atoms with E-state index in [2.05, 4.69) is 9.47 Å². The van der Waals surface area contributed by atoms with Gasteiger partial charge in [0.1, 0.15) is 12.4 Å². The quantitative estimate of drug-likeness (QED) is 0.864. The zero-order valence-electron chi connectivity index (χ0n) is 13.2. The maximum atomic E-state index is 13.1. The number of hydrogen-bond acceptors (Lipinski definition) is 4. The summed E-state index contributed by atoms with van der Waals surface area (Å²) in [6.45, 7) is 7.96. The van der Waals surface area contributed by atoms with Crippen LogP contribution in [-0.2, 0) is 0 Å². The molecule has 0 amide bonds. The predicted octanol–water partition coefficient (Wildman–Crippen LogP) is 3.92. The van der Waals surface area contributed by atoms with E-state index in [0.29, 0.717) is 18.1 Å². The van der Waals surface area contributed by atoms with Gasteiger partial charge < -0.3 is 19.3 Å². The van der Waals surface area contributed by atoms with Crippen LogP contribution >= 0.6 is 0 Å². The molecule has 1 atom stereocenters. The molecule has 0 radical (unpaired) electrons. The van der Waals surface area contributed by atoms with E-state index in [1.165, 1.54) is 12.1 Å². The lowest BCUT2D eigenvalue weighted by Gasteiger charge is -2.18. The average Bonchev–Trinajstić information content (AvgIpc) is 2.67. The molecule has 0 spiro atoms. The standard InChI is InChI=1S/C16H22F2O4/c1-9(2)5-11(19)8-20-13-7-15-14(6-12(13)10(3)4)21-16(17,18)22-15/h6-7,9-11,19H,5,8H2,1-4H3. The van der Waals surface area contributed by atoms with E-state index in [1.54, 1.807) is 0 Å². The van der Waals surface area contributed by atoms with Crippen molar-refractivity contribution in [2.24, 2.45) is 5.92 Å². The lowest BCUT2D eigenvalue weighted by molar-refractivity contribution is -0.286. The first-order valence-corrected chi connectivity index (χ1v) is 7.42. The fourth-order valence-corrected chi connectivity index (χ4v) is 2.37. The highest BCUT2D eigenvalue weighted by Gasteiger charge is 2.44. The lowest BCUT2D eigenvalue weighted by Crippen LogP contribution is -2.25. The van der Waals surface area contributed by atoms with Gasteiger partial charge in [-0.3, -0.25) is 0 Å². The highest BCUT2D eigenvalue weighted by molar-refractivity contribution is 5.53. The molecule has 1 heterocycles. The number of aliphatic hydroxyl groups excluding tert-OH is 1. The van der Waals surface area contributed by atoms with Crippen molar-refractivity contribution in [2.45, 2.75) is 52.4 Å². The van der Waals surface area contributed by atoms with Crippen molar-refractivity contribution >= 4 is 0 Å². The van der Waals surface area contributed by atoms with E-state index in [9.17, 15) is 13.9 Å². The van der Waals surface area contributed by atoms with E-state index in [0.717, 1.165) is 5.56 Å². The van der Waals surface area contributed by atoms with Crippen molar-refractivity contribution in [3.8, 4) is 17.2 Å². The molecule has 2 rings (SSSR count). The van der Waals surface area contributed by atoms with E-state index in [-0.39, 0.29) is 24.0 Å². The second kappa shape index (κ2) is 6.28. The Morgan fingerprint density at radius 3 is 2.27 bits per heavy atom. The number of ether oxygens (including phenoxy) is 3. The third-order valence-corrected chi connectivity index (χ3v) is 3.33. The first kappa shape index (κ1) is 16.8. The van der Waals surface area contributed by atoms with Crippen LogP contribution in [-0.4, -0.2) is 24.1 Å². The number of aliphatic hydroxyl groups is 1. The Morgan fingerprint density at radius 1 is 1.14 bits per heavy atom. The smallest absolute Gasteiger partial charge is 0.490 e. The number of hydrogen-bond donors (Lipinski definition) is 1. The summed E-state index contributed by atoms with van der Waals surface area (Å²) in [5.74, 6) is 0.781. The van der Waals surface area contributed by atoms with E-state index >= 15 is 0 Å². The minimum Gasteiger partial charge on any atom is -0.490 e. The first-order chi connectivity index (χ1) is 10.2. The molecule has 4 nitrogen and oxygen atoms in total. The SMILES string of the molecule is CC(C)CC(O)COc1cc2c(cc1C(C)C)OC(F)(F)O2. The molecule has 124 valence electrons. The molecule has 1 N–H and O–H groups in total.